The molecule has 0 spiro atoms. The third-order valence-electron chi connectivity index (χ3n) is 1.94. The summed E-state index contributed by atoms with van der Waals surface area (Å²) in [7, 11) is 1.12. The zero-order valence-electron chi connectivity index (χ0n) is 8.49. The normalized spacial score (nSPS) is 9.88. The van der Waals surface area contributed by atoms with E-state index in [0.717, 1.165) is 19.2 Å². The molecule has 0 heterocycles. The van der Waals surface area contributed by atoms with Gasteiger partial charge in [-0.1, -0.05) is 0 Å². The average Bonchev–Trinajstić information content (AvgIpc) is 2.22. The van der Waals surface area contributed by atoms with Crippen molar-refractivity contribution in [3.05, 3.63) is 23.5 Å². The van der Waals surface area contributed by atoms with Gasteiger partial charge in [0.05, 0.1) is 18.4 Å². The fourth-order valence-electron chi connectivity index (χ4n) is 1.13. The second kappa shape index (κ2) is 4.61. The predicted octanol–water partition coefficient (Wildman–Crippen LogP) is 0.859. The van der Waals surface area contributed by atoms with Crippen molar-refractivity contribution in [2.75, 3.05) is 12.8 Å². The number of phenols is 1. The number of esters is 1. The summed E-state index contributed by atoms with van der Waals surface area (Å²) in [5, 5.41) is 9.41. The van der Waals surface area contributed by atoms with Crippen molar-refractivity contribution in [2.24, 2.45) is 0 Å². The molecule has 16 heavy (non-hydrogen) atoms. The quantitative estimate of drug-likeness (QED) is 0.263. The summed E-state index contributed by atoms with van der Waals surface area (Å²) in [5.41, 5.74) is 4.68. The molecule has 0 fully saturated rings. The number of carbonyl (C=O) groups excluding carboxylic acids is 2. The minimum absolute atomic E-state index is 0.256. The topological polar surface area (TPSA) is 89.6 Å². The number of ketones is 1. The molecule has 6 heteroatoms. The minimum atomic E-state index is -0.771. The molecular weight excluding hydrogens is 217 g/mol. The Hall–Kier alpha value is -2.11. The zero-order chi connectivity index (χ0) is 12.3. The van der Waals surface area contributed by atoms with E-state index in [1.54, 1.807) is 0 Å². The average molecular weight is 227 g/mol. The molecule has 3 N–H and O–H groups in total. The maximum Gasteiger partial charge on any atom is 0.313 e. The van der Waals surface area contributed by atoms with Crippen LogP contribution >= 0.6 is 0 Å². The maximum atomic E-state index is 12.9. The number of halogens is 1. The van der Waals surface area contributed by atoms with E-state index in [1.165, 1.54) is 0 Å². The van der Waals surface area contributed by atoms with Crippen LogP contribution in [0.4, 0.5) is 10.1 Å². The van der Waals surface area contributed by atoms with Gasteiger partial charge < -0.3 is 15.6 Å². The van der Waals surface area contributed by atoms with Crippen LogP contribution in [0.5, 0.6) is 5.75 Å². The van der Waals surface area contributed by atoms with Gasteiger partial charge in [-0.05, 0) is 6.07 Å². The number of hydrogen-bond acceptors (Lipinski definition) is 5. The third-order valence-corrected chi connectivity index (χ3v) is 1.94. The lowest BCUT2D eigenvalue weighted by Crippen LogP contribution is -2.10. The Morgan fingerprint density at radius 1 is 1.50 bits per heavy atom. The molecule has 0 radical (unpaired) electrons. The number of anilines is 1. The molecule has 0 aromatic heterocycles. The second-order valence-electron chi connectivity index (χ2n) is 3.07. The highest BCUT2D eigenvalue weighted by Gasteiger charge is 2.18. The summed E-state index contributed by atoms with van der Waals surface area (Å²) < 4.78 is 17.2. The third kappa shape index (κ3) is 2.47. The van der Waals surface area contributed by atoms with E-state index in [0.29, 0.717) is 0 Å². The van der Waals surface area contributed by atoms with Crippen LogP contribution < -0.4 is 5.73 Å². The summed E-state index contributed by atoms with van der Waals surface area (Å²) in [6.45, 7) is 0. The summed E-state index contributed by atoms with van der Waals surface area (Å²) in [5.74, 6) is -2.82. The first-order valence-corrected chi connectivity index (χ1v) is 4.33. The van der Waals surface area contributed by atoms with Crippen molar-refractivity contribution in [1.29, 1.82) is 0 Å². The molecular formula is C10H10FNO4. The molecule has 0 aliphatic rings. The van der Waals surface area contributed by atoms with Gasteiger partial charge in [0.25, 0.3) is 0 Å². The lowest BCUT2D eigenvalue weighted by molar-refractivity contribution is -0.139. The van der Waals surface area contributed by atoms with Crippen LogP contribution in [0.3, 0.4) is 0 Å². The van der Waals surface area contributed by atoms with Crippen molar-refractivity contribution in [1.82, 2.24) is 0 Å². The van der Waals surface area contributed by atoms with Gasteiger partial charge in [-0.15, -0.1) is 0 Å². The van der Waals surface area contributed by atoms with Gasteiger partial charge >= 0.3 is 5.97 Å². The molecule has 0 bridgehead atoms. The summed E-state index contributed by atoms with van der Waals surface area (Å²) in [6.07, 6.45) is -0.576. The minimum Gasteiger partial charge on any atom is -0.505 e. The fourth-order valence-corrected chi connectivity index (χ4v) is 1.13. The van der Waals surface area contributed by atoms with Crippen LogP contribution in [0.25, 0.3) is 0 Å². The Balaban J connectivity index is 3.04. The number of ether oxygens (including phenoxy) is 1. The van der Waals surface area contributed by atoms with E-state index in [9.17, 15) is 19.1 Å². The molecule has 5 nitrogen and oxygen atoms in total. The van der Waals surface area contributed by atoms with Crippen LogP contribution in [-0.4, -0.2) is 24.0 Å². The van der Waals surface area contributed by atoms with E-state index in [4.69, 9.17) is 5.73 Å². The van der Waals surface area contributed by atoms with Crippen LogP contribution in [-0.2, 0) is 9.53 Å². The largest absolute Gasteiger partial charge is 0.505 e. The number of hydrogen-bond donors (Lipinski definition) is 2. The lowest BCUT2D eigenvalue weighted by Gasteiger charge is -2.05. The smallest absolute Gasteiger partial charge is 0.313 e. The van der Waals surface area contributed by atoms with E-state index in [-0.39, 0.29) is 11.3 Å². The number of methoxy groups -OCH3 is 1. The molecule has 0 unspecified atom stereocenters. The highest BCUT2D eigenvalue weighted by atomic mass is 19.1. The van der Waals surface area contributed by atoms with Crippen molar-refractivity contribution >= 4 is 17.4 Å². The number of aromatic hydroxyl groups is 1. The van der Waals surface area contributed by atoms with Gasteiger partial charge in [0.1, 0.15) is 18.0 Å². The Labute approximate surface area is 90.6 Å². The molecule has 86 valence electrons. The van der Waals surface area contributed by atoms with Crippen molar-refractivity contribution in [3.63, 3.8) is 0 Å². The number of nitrogens with two attached hydrogens (primary N) is 1. The number of carbonyl (C=O) groups is 2. The second-order valence-corrected chi connectivity index (χ2v) is 3.07. The Bertz CT molecular complexity index is 445. The molecule has 0 saturated heterocycles. The number of phenolic OH excluding ortho intramolecular Hbond substituents is 1. The van der Waals surface area contributed by atoms with E-state index < -0.39 is 29.7 Å². The fraction of sp³-hybridized carbons (Fsp3) is 0.200. The first-order valence-electron chi connectivity index (χ1n) is 4.33. The van der Waals surface area contributed by atoms with Crippen LogP contribution in [0.15, 0.2) is 12.1 Å². The molecule has 0 atom stereocenters. The summed E-state index contributed by atoms with van der Waals surface area (Å²) in [6, 6.07) is 1.70. The van der Waals surface area contributed by atoms with E-state index in [1.807, 2.05) is 0 Å². The highest BCUT2D eigenvalue weighted by molar-refractivity contribution is 6.08. The maximum absolute atomic E-state index is 12.9. The van der Waals surface area contributed by atoms with Gasteiger partial charge in [0.2, 0.25) is 0 Å². The summed E-state index contributed by atoms with van der Waals surface area (Å²) in [4.78, 5) is 22.3. The molecule has 1 aromatic rings. The van der Waals surface area contributed by atoms with Crippen molar-refractivity contribution in [3.8, 4) is 5.75 Å². The monoisotopic (exact) mass is 227 g/mol. The van der Waals surface area contributed by atoms with Crippen LogP contribution in [0.1, 0.15) is 16.8 Å². The number of nitrogen functional groups attached to an aromatic ring is 1. The lowest BCUT2D eigenvalue weighted by atomic mass is 10.1. The van der Waals surface area contributed by atoms with Gasteiger partial charge in [-0.3, -0.25) is 9.59 Å². The van der Waals surface area contributed by atoms with Gasteiger partial charge in [0, 0.05) is 6.07 Å². The molecule has 0 aliphatic heterocycles. The first-order chi connectivity index (χ1) is 7.45. The molecule has 0 saturated carbocycles. The Morgan fingerprint density at radius 2 is 2.12 bits per heavy atom. The highest BCUT2D eigenvalue weighted by Crippen LogP contribution is 2.27. The standard InChI is InChI=1S/C10H10FNO4/c1-16-9(14)4-8(13)6-2-5(11)3-7(12)10(6)15/h2-3,15H,4,12H2,1H3. The van der Waals surface area contributed by atoms with Gasteiger partial charge in [0.15, 0.2) is 5.78 Å². The first kappa shape index (κ1) is 12.0. The molecule has 1 rings (SSSR count). The number of Topliss-reactive ketones (excluding diaryl/α,β-unsaturated/α-hetero) is 1. The Morgan fingerprint density at radius 3 is 2.69 bits per heavy atom. The van der Waals surface area contributed by atoms with Crippen molar-refractivity contribution < 1.29 is 23.8 Å². The predicted molar refractivity (Wildman–Crippen MR) is 53.4 cm³/mol. The molecule has 0 amide bonds. The van der Waals surface area contributed by atoms with Crippen LogP contribution in [0.2, 0.25) is 0 Å². The Kier molecular flexibility index (Phi) is 3.44. The zero-order valence-corrected chi connectivity index (χ0v) is 8.49. The number of rotatable bonds is 3. The summed E-state index contributed by atoms with van der Waals surface area (Å²) >= 11 is 0. The number of benzene rings is 1. The SMILES string of the molecule is COC(=O)CC(=O)c1cc(F)cc(N)c1O. The van der Waals surface area contributed by atoms with Crippen molar-refractivity contribution in [2.45, 2.75) is 6.42 Å². The van der Waals surface area contributed by atoms with Gasteiger partial charge in [-0.25, -0.2) is 4.39 Å². The van der Waals surface area contributed by atoms with E-state index >= 15 is 0 Å². The van der Waals surface area contributed by atoms with E-state index in [2.05, 4.69) is 4.74 Å². The van der Waals surface area contributed by atoms with Crippen LogP contribution in [0, 0.1) is 5.82 Å². The molecule has 0 aliphatic carbocycles. The van der Waals surface area contributed by atoms with Gasteiger partial charge in [-0.2, -0.15) is 0 Å². The molecule has 1 aromatic carbocycles.